The molecule has 0 radical (unpaired) electrons. The van der Waals surface area contributed by atoms with E-state index in [4.69, 9.17) is 4.74 Å². The van der Waals surface area contributed by atoms with Crippen molar-refractivity contribution in [2.75, 3.05) is 7.11 Å². The molecular formula is C15H16O3. The average molecular weight is 244 g/mol. The summed E-state index contributed by atoms with van der Waals surface area (Å²) >= 11 is 0. The van der Waals surface area contributed by atoms with Crippen molar-refractivity contribution in [3.8, 4) is 5.75 Å². The zero-order valence-corrected chi connectivity index (χ0v) is 10.3. The minimum absolute atomic E-state index is 0.0877. The van der Waals surface area contributed by atoms with Crippen molar-refractivity contribution < 1.29 is 14.6 Å². The summed E-state index contributed by atoms with van der Waals surface area (Å²) in [6, 6.07) is 6.23. The van der Waals surface area contributed by atoms with E-state index in [9.17, 15) is 9.90 Å². The Balaban J connectivity index is 2.22. The van der Waals surface area contributed by atoms with Crippen LogP contribution in [-0.4, -0.2) is 24.1 Å². The largest absolute Gasteiger partial charge is 0.508 e. The normalized spacial score (nSPS) is 16.2. The number of carbonyl (C=O) groups is 1. The van der Waals surface area contributed by atoms with E-state index >= 15 is 0 Å². The number of phenolic OH excluding ortho intramolecular Hbond substituents is 1. The fourth-order valence-corrected chi connectivity index (χ4v) is 2.00. The number of ether oxygens (including phenoxy) is 1. The Hall–Kier alpha value is -1.87. The van der Waals surface area contributed by atoms with Gasteiger partial charge in [-0.15, -0.1) is 0 Å². The molecule has 0 amide bonds. The maximum absolute atomic E-state index is 12.3. The van der Waals surface area contributed by atoms with Crippen LogP contribution < -0.4 is 0 Å². The number of hydrogen-bond acceptors (Lipinski definition) is 3. The van der Waals surface area contributed by atoms with E-state index in [1.807, 2.05) is 18.2 Å². The third-order valence-corrected chi connectivity index (χ3v) is 2.95. The van der Waals surface area contributed by atoms with Crippen LogP contribution in [0.2, 0.25) is 0 Å². The van der Waals surface area contributed by atoms with Gasteiger partial charge < -0.3 is 9.84 Å². The molecule has 1 N–H and O–H groups in total. The average Bonchev–Trinajstić information content (AvgIpc) is 2.41. The second-order valence-corrected chi connectivity index (χ2v) is 4.21. The smallest absolute Gasteiger partial charge is 0.196 e. The van der Waals surface area contributed by atoms with Gasteiger partial charge in [-0.1, -0.05) is 18.2 Å². The van der Waals surface area contributed by atoms with Crippen molar-refractivity contribution in [1.29, 1.82) is 0 Å². The number of benzene rings is 1. The minimum Gasteiger partial charge on any atom is -0.508 e. The molecule has 1 aliphatic carbocycles. The third-order valence-electron chi connectivity index (χ3n) is 2.95. The second kappa shape index (κ2) is 5.65. The lowest BCUT2D eigenvalue weighted by atomic mass is 9.95. The number of rotatable bonds is 4. The Labute approximate surface area is 106 Å². The van der Waals surface area contributed by atoms with Crippen LogP contribution in [0.25, 0.3) is 0 Å². The predicted molar refractivity (Wildman–Crippen MR) is 69.7 cm³/mol. The van der Waals surface area contributed by atoms with Crippen LogP contribution in [0.15, 0.2) is 48.1 Å². The van der Waals surface area contributed by atoms with Crippen LogP contribution in [0.5, 0.6) is 5.75 Å². The van der Waals surface area contributed by atoms with Crippen molar-refractivity contribution in [3.05, 3.63) is 53.6 Å². The molecule has 3 nitrogen and oxygen atoms in total. The number of phenols is 1. The first-order chi connectivity index (χ1) is 8.72. The summed E-state index contributed by atoms with van der Waals surface area (Å²) in [6.07, 6.45) is 7.40. The Kier molecular flexibility index (Phi) is 3.95. The number of hydrogen-bond donors (Lipinski definition) is 1. The van der Waals surface area contributed by atoms with E-state index in [0.29, 0.717) is 5.56 Å². The Morgan fingerprint density at radius 3 is 2.56 bits per heavy atom. The number of methoxy groups -OCH3 is 1. The molecule has 2 rings (SSSR count). The highest BCUT2D eigenvalue weighted by atomic mass is 16.5. The van der Waals surface area contributed by atoms with Crippen LogP contribution >= 0.6 is 0 Å². The standard InChI is InChI=1S/C15H16O3/c1-18-15(12-5-3-2-4-6-12)14(17)11-7-9-13(16)10-8-11/h3,5-10,15-16H,2,4H2,1H3. The van der Waals surface area contributed by atoms with Crippen LogP contribution in [0.3, 0.4) is 0 Å². The van der Waals surface area contributed by atoms with E-state index in [2.05, 4.69) is 0 Å². The number of Topliss-reactive ketones (excluding diaryl/α,β-unsaturated/α-hetero) is 1. The van der Waals surface area contributed by atoms with Crippen molar-refractivity contribution >= 4 is 5.78 Å². The fourth-order valence-electron chi connectivity index (χ4n) is 2.00. The third kappa shape index (κ3) is 2.68. The van der Waals surface area contributed by atoms with E-state index in [1.165, 1.54) is 19.2 Å². The highest BCUT2D eigenvalue weighted by molar-refractivity contribution is 6.01. The second-order valence-electron chi connectivity index (χ2n) is 4.21. The summed E-state index contributed by atoms with van der Waals surface area (Å²) in [6.45, 7) is 0. The van der Waals surface area contributed by atoms with Gasteiger partial charge in [0.1, 0.15) is 11.9 Å². The zero-order chi connectivity index (χ0) is 13.0. The zero-order valence-electron chi connectivity index (χ0n) is 10.3. The van der Waals surface area contributed by atoms with Gasteiger partial charge in [0.05, 0.1) is 0 Å². The number of allylic oxidation sites excluding steroid dienone is 2. The van der Waals surface area contributed by atoms with Crippen LogP contribution in [-0.2, 0) is 4.74 Å². The molecule has 94 valence electrons. The summed E-state index contributed by atoms with van der Waals surface area (Å²) in [5, 5.41) is 9.22. The summed E-state index contributed by atoms with van der Waals surface area (Å²) < 4.78 is 5.30. The van der Waals surface area contributed by atoms with Gasteiger partial charge in [-0.05, 0) is 42.7 Å². The van der Waals surface area contributed by atoms with Crippen LogP contribution in [0.4, 0.5) is 0 Å². The summed E-state index contributed by atoms with van der Waals surface area (Å²) in [4.78, 5) is 12.3. The molecule has 1 unspecified atom stereocenters. The van der Waals surface area contributed by atoms with Crippen LogP contribution in [0, 0.1) is 0 Å². The number of carbonyl (C=O) groups excluding carboxylic acids is 1. The van der Waals surface area contributed by atoms with Gasteiger partial charge in [0.15, 0.2) is 5.78 Å². The maximum atomic E-state index is 12.3. The van der Waals surface area contributed by atoms with Gasteiger partial charge >= 0.3 is 0 Å². The Morgan fingerprint density at radius 1 is 1.28 bits per heavy atom. The first-order valence-corrected chi connectivity index (χ1v) is 5.95. The molecule has 0 saturated heterocycles. The Morgan fingerprint density at radius 2 is 2.00 bits per heavy atom. The minimum atomic E-state index is -0.564. The maximum Gasteiger partial charge on any atom is 0.196 e. The number of ketones is 1. The first-order valence-electron chi connectivity index (χ1n) is 5.95. The lowest BCUT2D eigenvalue weighted by Crippen LogP contribution is -2.25. The molecule has 1 aromatic carbocycles. The molecule has 1 aromatic rings. The van der Waals surface area contributed by atoms with Gasteiger partial charge in [-0.25, -0.2) is 0 Å². The lowest BCUT2D eigenvalue weighted by molar-refractivity contribution is 0.0701. The SMILES string of the molecule is COC(C(=O)c1ccc(O)cc1)C1=CCCC=C1. The fraction of sp³-hybridized carbons (Fsp3) is 0.267. The quantitative estimate of drug-likeness (QED) is 0.828. The van der Waals surface area contributed by atoms with Crippen molar-refractivity contribution in [1.82, 2.24) is 0 Å². The number of aromatic hydroxyl groups is 1. The molecule has 0 heterocycles. The molecule has 18 heavy (non-hydrogen) atoms. The van der Waals surface area contributed by atoms with Gasteiger partial charge in [0, 0.05) is 12.7 Å². The van der Waals surface area contributed by atoms with E-state index in [-0.39, 0.29) is 11.5 Å². The highest BCUT2D eigenvalue weighted by Gasteiger charge is 2.22. The van der Waals surface area contributed by atoms with Gasteiger partial charge in [-0.2, -0.15) is 0 Å². The molecule has 0 fully saturated rings. The van der Waals surface area contributed by atoms with Crippen molar-refractivity contribution in [2.24, 2.45) is 0 Å². The first kappa shape index (κ1) is 12.6. The van der Waals surface area contributed by atoms with E-state index in [0.717, 1.165) is 18.4 Å². The molecule has 0 aliphatic heterocycles. The van der Waals surface area contributed by atoms with Crippen LogP contribution in [0.1, 0.15) is 23.2 Å². The molecular weight excluding hydrogens is 228 g/mol. The molecule has 0 aromatic heterocycles. The van der Waals surface area contributed by atoms with Crippen molar-refractivity contribution in [3.63, 3.8) is 0 Å². The summed E-state index contributed by atoms with van der Waals surface area (Å²) in [5.41, 5.74) is 1.45. The molecule has 0 saturated carbocycles. The monoisotopic (exact) mass is 244 g/mol. The molecule has 0 bridgehead atoms. The molecule has 1 aliphatic rings. The summed E-state index contributed by atoms with van der Waals surface area (Å²) in [5.74, 6) is 0.0626. The lowest BCUT2D eigenvalue weighted by Gasteiger charge is -2.17. The molecule has 3 heteroatoms. The van der Waals surface area contributed by atoms with E-state index in [1.54, 1.807) is 12.1 Å². The predicted octanol–water partition coefficient (Wildman–Crippen LogP) is 2.87. The van der Waals surface area contributed by atoms with Gasteiger partial charge in [-0.3, -0.25) is 4.79 Å². The summed E-state index contributed by atoms with van der Waals surface area (Å²) in [7, 11) is 1.53. The topological polar surface area (TPSA) is 46.5 Å². The van der Waals surface area contributed by atoms with E-state index < -0.39 is 6.10 Å². The highest BCUT2D eigenvalue weighted by Crippen LogP contribution is 2.20. The van der Waals surface area contributed by atoms with Gasteiger partial charge in [0.2, 0.25) is 0 Å². The van der Waals surface area contributed by atoms with Crippen molar-refractivity contribution in [2.45, 2.75) is 18.9 Å². The molecule has 0 spiro atoms. The van der Waals surface area contributed by atoms with Gasteiger partial charge in [0.25, 0.3) is 0 Å². The Bertz CT molecular complexity index is 483. The molecule has 1 atom stereocenters.